The molecule has 0 aliphatic rings. The molecule has 0 aliphatic carbocycles. The Hall–Kier alpha value is -1.42. The van der Waals surface area contributed by atoms with E-state index in [2.05, 4.69) is 42.1 Å². The maximum Gasteiger partial charge on any atom is 0.0940 e. The molecule has 2 atom stereocenters. The highest BCUT2D eigenvalue weighted by Gasteiger charge is 2.15. The first-order chi connectivity index (χ1) is 11.1. The lowest BCUT2D eigenvalue weighted by Gasteiger charge is -2.20. The summed E-state index contributed by atoms with van der Waals surface area (Å²) in [6.45, 7) is 7.28. The van der Waals surface area contributed by atoms with Crippen LogP contribution in [0.15, 0.2) is 53.2 Å². The van der Waals surface area contributed by atoms with Crippen molar-refractivity contribution in [3.8, 4) is 0 Å². The fourth-order valence-electron chi connectivity index (χ4n) is 2.62. The van der Waals surface area contributed by atoms with Crippen molar-refractivity contribution in [2.24, 2.45) is 5.92 Å². The summed E-state index contributed by atoms with van der Waals surface area (Å²) < 4.78 is 0. The number of aliphatic hydroxyl groups excluding tert-OH is 1. The Labute approximate surface area is 143 Å². The molecule has 0 radical (unpaired) electrons. The van der Waals surface area contributed by atoms with Crippen LogP contribution in [0.5, 0.6) is 0 Å². The first-order valence-electron chi connectivity index (χ1n) is 8.26. The quantitative estimate of drug-likeness (QED) is 0.723. The predicted octanol–water partition coefficient (Wildman–Crippen LogP) is 4.89. The molecule has 2 nitrogen and oxygen atoms in total. The topological polar surface area (TPSA) is 32.3 Å². The molecule has 0 amide bonds. The van der Waals surface area contributed by atoms with Gasteiger partial charge in [0.1, 0.15) is 0 Å². The van der Waals surface area contributed by atoms with Crippen molar-refractivity contribution < 1.29 is 5.11 Å². The Kier molecular flexibility index (Phi) is 7.03. The lowest BCUT2D eigenvalue weighted by Crippen LogP contribution is -2.32. The number of hydrogen-bond acceptors (Lipinski definition) is 3. The van der Waals surface area contributed by atoms with Crippen molar-refractivity contribution in [1.82, 2.24) is 5.32 Å². The number of aliphatic hydroxyl groups is 1. The molecule has 0 spiro atoms. The fraction of sp³-hybridized carbons (Fsp3) is 0.400. The van der Waals surface area contributed by atoms with Gasteiger partial charge in [-0.1, -0.05) is 50.3 Å². The standard InChI is InChI=1S/C20H27NOS/c1-15(2)13-18(19-10-12-23-14-19)9-11-21-16(3)20(22)17-7-5-4-6-8-17/h4-10,12,14-16,20-22H,11,13H2,1-3H3/b18-9+. The maximum absolute atomic E-state index is 10.4. The highest BCUT2D eigenvalue weighted by molar-refractivity contribution is 7.08. The van der Waals surface area contributed by atoms with Crippen LogP contribution < -0.4 is 5.32 Å². The van der Waals surface area contributed by atoms with E-state index in [1.165, 1.54) is 11.1 Å². The minimum Gasteiger partial charge on any atom is -0.387 e. The molecule has 124 valence electrons. The Bertz CT molecular complexity index is 589. The van der Waals surface area contributed by atoms with Crippen LogP contribution in [0.1, 0.15) is 44.4 Å². The van der Waals surface area contributed by atoms with Crippen LogP contribution in [-0.2, 0) is 0 Å². The molecule has 1 heterocycles. The van der Waals surface area contributed by atoms with E-state index in [1.54, 1.807) is 11.3 Å². The number of allylic oxidation sites excluding steroid dienone is 1. The van der Waals surface area contributed by atoms with Crippen molar-refractivity contribution in [3.63, 3.8) is 0 Å². The van der Waals surface area contributed by atoms with Crippen LogP contribution in [0, 0.1) is 5.92 Å². The fourth-order valence-corrected chi connectivity index (χ4v) is 3.30. The van der Waals surface area contributed by atoms with E-state index >= 15 is 0 Å². The second-order valence-electron chi connectivity index (χ2n) is 6.39. The first-order valence-corrected chi connectivity index (χ1v) is 9.20. The molecule has 2 rings (SSSR count). The lowest BCUT2D eigenvalue weighted by atomic mass is 9.98. The van der Waals surface area contributed by atoms with Crippen LogP contribution >= 0.6 is 11.3 Å². The summed E-state index contributed by atoms with van der Waals surface area (Å²) in [6.07, 6.45) is 2.85. The largest absolute Gasteiger partial charge is 0.387 e. The number of hydrogen-bond donors (Lipinski definition) is 2. The van der Waals surface area contributed by atoms with Crippen molar-refractivity contribution in [3.05, 3.63) is 64.4 Å². The van der Waals surface area contributed by atoms with Crippen LogP contribution in [0.4, 0.5) is 0 Å². The third-order valence-corrected chi connectivity index (χ3v) is 4.61. The van der Waals surface area contributed by atoms with Gasteiger partial charge in [0.15, 0.2) is 0 Å². The number of thiophene rings is 1. The van der Waals surface area contributed by atoms with Crippen LogP contribution in [-0.4, -0.2) is 17.7 Å². The average molecular weight is 330 g/mol. The molecule has 0 saturated heterocycles. The van der Waals surface area contributed by atoms with E-state index in [-0.39, 0.29) is 6.04 Å². The smallest absolute Gasteiger partial charge is 0.0940 e. The second kappa shape index (κ2) is 9.02. The van der Waals surface area contributed by atoms with Crippen molar-refractivity contribution in [1.29, 1.82) is 0 Å². The average Bonchev–Trinajstić information content (AvgIpc) is 3.08. The van der Waals surface area contributed by atoms with Gasteiger partial charge < -0.3 is 10.4 Å². The maximum atomic E-state index is 10.4. The predicted molar refractivity (Wildman–Crippen MR) is 101 cm³/mol. The van der Waals surface area contributed by atoms with Gasteiger partial charge >= 0.3 is 0 Å². The molecule has 23 heavy (non-hydrogen) atoms. The molecule has 1 aromatic carbocycles. The van der Waals surface area contributed by atoms with Gasteiger partial charge in [-0.15, -0.1) is 0 Å². The molecule has 3 heteroatoms. The van der Waals surface area contributed by atoms with Crippen LogP contribution in [0.3, 0.4) is 0 Å². The Balaban J connectivity index is 1.95. The third-order valence-electron chi connectivity index (χ3n) is 3.92. The molecule has 2 aromatic rings. The second-order valence-corrected chi connectivity index (χ2v) is 7.17. The van der Waals surface area contributed by atoms with Gasteiger partial charge in [-0.3, -0.25) is 0 Å². The summed E-state index contributed by atoms with van der Waals surface area (Å²) >= 11 is 1.74. The van der Waals surface area contributed by atoms with E-state index < -0.39 is 6.10 Å². The van der Waals surface area contributed by atoms with Crippen LogP contribution in [0.2, 0.25) is 0 Å². The van der Waals surface area contributed by atoms with Gasteiger partial charge in [0.25, 0.3) is 0 Å². The van der Waals surface area contributed by atoms with Crippen molar-refractivity contribution in [2.45, 2.75) is 39.3 Å². The van der Waals surface area contributed by atoms with E-state index in [9.17, 15) is 5.11 Å². The molecule has 1 aromatic heterocycles. The van der Waals surface area contributed by atoms with Gasteiger partial charge in [-0.2, -0.15) is 11.3 Å². The van der Waals surface area contributed by atoms with Gasteiger partial charge in [-0.05, 0) is 52.8 Å². The summed E-state index contributed by atoms with van der Waals surface area (Å²) in [5, 5.41) is 18.2. The Morgan fingerprint density at radius 2 is 1.91 bits per heavy atom. The number of nitrogens with one attached hydrogen (secondary N) is 1. The number of benzene rings is 1. The highest BCUT2D eigenvalue weighted by Crippen LogP contribution is 2.24. The molecule has 0 bridgehead atoms. The van der Waals surface area contributed by atoms with Crippen LogP contribution in [0.25, 0.3) is 5.57 Å². The summed E-state index contributed by atoms with van der Waals surface area (Å²) in [7, 11) is 0. The molecule has 0 fully saturated rings. The first kappa shape index (κ1) is 17.9. The summed E-state index contributed by atoms with van der Waals surface area (Å²) in [4.78, 5) is 0. The van der Waals surface area contributed by atoms with Crippen molar-refractivity contribution in [2.75, 3.05) is 6.54 Å². The zero-order valence-electron chi connectivity index (χ0n) is 14.2. The molecule has 2 N–H and O–H groups in total. The molecular weight excluding hydrogens is 302 g/mol. The summed E-state index contributed by atoms with van der Waals surface area (Å²) in [6, 6.07) is 12.0. The lowest BCUT2D eigenvalue weighted by molar-refractivity contribution is 0.138. The van der Waals surface area contributed by atoms with E-state index in [1.807, 2.05) is 37.3 Å². The van der Waals surface area contributed by atoms with Gasteiger partial charge in [0, 0.05) is 12.6 Å². The zero-order valence-corrected chi connectivity index (χ0v) is 15.0. The minimum atomic E-state index is -0.487. The molecule has 0 aliphatic heterocycles. The summed E-state index contributed by atoms with van der Waals surface area (Å²) in [5.74, 6) is 0.633. The van der Waals surface area contributed by atoms with Gasteiger partial charge in [0.05, 0.1) is 6.10 Å². The molecule has 0 saturated carbocycles. The zero-order chi connectivity index (χ0) is 16.7. The molecule has 2 unspecified atom stereocenters. The number of rotatable bonds is 8. The Morgan fingerprint density at radius 3 is 2.52 bits per heavy atom. The normalized spacial score (nSPS) is 14.9. The van der Waals surface area contributed by atoms with Gasteiger partial charge in [0.2, 0.25) is 0 Å². The third kappa shape index (κ3) is 5.61. The monoisotopic (exact) mass is 329 g/mol. The van der Waals surface area contributed by atoms with Crippen molar-refractivity contribution >= 4 is 16.9 Å². The van der Waals surface area contributed by atoms with E-state index in [4.69, 9.17) is 0 Å². The SMILES string of the molecule is CC(C)C/C(=C\CNC(C)C(O)c1ccccc1)c1ccsc1. The highest BCUT2D eigenvalue weighted by atomic mass is 32.1. The molecular formula is C20H27NOS. The minimum absolute atomic E-state index is 0.0106. The summed E-state index contributed by atoms with van der Waals surface area (Å²) in [5.41, 5.74) is 3.66. The Morgan fingerprint density at radius 1 is 1.17 bits per heavy atom. The van der Waals surface area contributed by atoms with E-state index in [0.29, 0.717) is 5.92 Å². The van der Waals surface area contributed by atoms with E-state index in [0.717, 1.165) is 18.5 Å². The van der Waals surface area contributed by atoms with Gasteiger partial charge in [-0.25, -0.2) is 0 Å².